The van der Waals surface area contributed by atoms with E-state index in [-0.39, 0.29) is 11.3 Å². The van der Waals surface area contributed by atoms with Crippen molar-refractivity contribution >= 4 is 11.7 Å². The molecule has 1 saturated heterocycles. The molecule has 1 aliphatic rings. The van der Waals surface area contributed by atoms with Gasteiger partial charge in [0.05, 0.1) is 5.56 Å². The van der Waals surface area contributed by atoms with Gasteiger partial charge in [-0.25, -0.2) is 4.79 Å². The van der Waals surface area contributed by atoms with Crippen LogP contribution in [-0.2, 0) is 0 Å². The highest BCUT2D eigenvalue weighted by Gasteiger charge is 2.08. The number of rotatable bonds is 2. The number of benzene rings is 2. The van der Waals surface area contributed by atoms with Crippen LogP contribution < -0.4 is 10.2 Å². The van der Waals surface area contributed by atoms with Gasteiger partial charge in [-0.1, -0.05) is 18.2 Å². The zero-order chi connectivity index (χ0) is 15.8. The summed E-state index contributed by atoms with van der Waals surface area (Å²) in [7, 11) is 0. The lowest BCUT2D eigenvalue weighted by Gasteiger charge is -2.29. The monoisotopic (exact) mass is 300 g/mol. The number of piperazine rings is 1. The number of nitrogens with one attached hydrogen (secondary N) is 1. The minimum atomic E-state index is -0.986. The van der Waals surface area contributed by atoms with Crippen LogP contribution >= 0.6 is 0 Å². The Labute approximate surface area is 129 Å². The molecule has 0 unspecified atom stereocenters. The molecule has 0 spiro atoms. The van der Waals surface area contributed by atoms with E-state index in [9.17, 15) is 4.79 Å². The SMILES string of the molecule is O=C(O)c1ccc(O)cc1.c1ccc(N2CCNCC2)cc1. The lowest BCUT2D eigenvalue weighted by atomic mass is 10.2. The lowest BCUT2D eigenvalue weighted by Crippen LogP contribution is -2.43. The maximum atomic E-state index is 10.2. The summed E-state index contributed by atoms with van der Waals surface area (Å²) in [4.78, 5) is 12.6. The van der Waals surface area contributed by atoms with E-state index in [1.807, 2.05) is 0 Å². The van der Waals surface area contributed by atoms with Gasteiger partial charge in [-0.3, -0.25) is 0 Å². The Hall–Kier alpha value is -2.53. The zero-order valence-electron chi connectivity index (χ0n) is 12.3. The number of hydrogen-bond donors (Lipinski definition) is 3. The largest absolute Gasteiger partial charge is 0.508 e. The van der Waals surface area contributed by atoms with Gasteiger partial charge in [-0.15, -0.1) is 0 Å². The molecule has 3 N–H and O–H groups in total. The number of carbonyl (C=O) groups is 1. The number of phenols is 1. The first kappa shape index (κ1) is 15.9. The van der Waals surface area contributed by atoms with Crippen LogP contribution in [0.5, 0.6) is 5.75 Å². The molecule has 22 heavy (non-hydrogen) atoms. The van der Waals surface area contributed by atoms with E-state index in [2.05, 4.69) is 40.5 Å². The van der Waals surface area contributed by atoms with Crippen molar-refractivity contribution in [2.45, 2.75) is 0 Å². The molecule has 5 heteroatoms. The van der Waals surface area contributed by atoms with Crippen LogP contribution in [0.15, 0.2) is 54.6 Å². The van der Waals surface area contributed by atoms with Gasteiger partial charge in [0, 0.05) is 31.9 Å². The molecule has 2 aromatic carbocycles. The van der Waals surface area contributed by atoms with Gasteiger partial charge in [0.15, 0.2) is 0 Å². The Morgan fingerprint density at radius 1 is 0.955 bits per heavy atom. The molecule has 0 amide bonds. The number of hydrogen-bond acceptors (Lipinski definition) is 4. The molecule has 116 valence electrons. The quantitative estimate of drug-likeness (QED) is 0.793. The fraction of sp³-hybridized carbons (Fsp3) is 0.235. The van der Waals surface area contributed by atoms with Gasteiger partial charge in [0.25, 0.3) is 0 Å². The third-order valence-corrected chi connectivity index (χ3v) is 3.35. The minimum Gasteiger partial charge on any atom is -0.508 e. The van der Waals surface area contributed by atoms with Crippen molar-refractivity contribution in [3.63, 3.8) is 0 Å². The summed E-state index contributed by atoms with van der Waals surface area (Å²) in [6, 6.07) is 16.0. The summed E-state index contributed by atoms with van der Waals surface area (Å²) in [6.45, 7) is 4.47. The highest BCUT2D eigenvalue weighted by molar-refractivity contribution is 5.87. The van der Waals surface area contributed by atoms with Gasteiger partial charge in [0.2, 0.25) is 0 Å². The van der Waals surface area contributed by atoms with Crippen LogP contribution in [0.2, 0.25) is 0 Å². The molecule has 0 saturated carbocycles. The molecule has 2 aromatic rings. The van der Waals surface area contributed by atoms with E-state index in [0.717, 1.165) is 26.2 Å². The summed E-state index contributed by atoms with van der Waals surface area (Å²) < 4.78 is 0. The Bertz CT molecular complexity index is 579. The molecule has 3 rings (SSSR count). The standard InChI is InChI=1S/C10H14N2.C7H6O3/c1-2-4-10(5-3-1)12-8-6-11-7-9-12;8-6-3-1-5(2-4-6)7(9)10/h1-5,11H,6-9H2;1-4,8H,(H,9,10). The fourth-order valence-corrected chi connectivity index (χ4v) is 2.17. The van der Waals surface area contributed by atoms with Crippen molar-refractivity contribution in [1.29, 1.82) is 0 Å². The van der Waals surface area contributed by atoms with E-state index in [4.69, 9.17) is 10.2 Å². The van der Waals surface area contributed by atoms with Gasteiger partial charge in [0.1, 0.15) is 5.75 Å². The number of anilines is 1. The van der Waals surface area contributed by atoms with E-state index >= 15 is 0 Å². The number of carboxylic acid groups (broad SMARTS) is 1. The van der Waals surface area contributed by atoms with E-state index in [1.165, 1.54) is 30.0 Å². The van der Waals surface area contributed by atoms with E-state index in [1.54, 1.807) is 0 Å². The molecule has 0 bridgehead atoms. The predicted octanol–water partition coefficient (Wildman–Crippen LogP) is 2.19. The van der Waals surface area contributed by atoms with E-state index < -0.39 is 5.97 Å². The topological polar surface area (TPSA) is 72.8 Å². The Morgan fingerprint density at radius 3 is 2.09 bits per heavy atom. The Kier molecular flexibility index (Phi) is 5.80. The molecule has 0 atom stereocenters. The molecule has 1 heterocycles. The fourth-order valence-electron chi connectivity index (χ4n) is 2.17. The van der Waals surface area contributed by atoms with Crippen LogP contribution in [-0.4, -0.2) is 42.4 Å². The summed E-state index contributed by atoms with van der Waals surface area (Å²) >= 11 is 0. The van der Waals surface area contributed by atoms with E-state index in [0.29, 0.717) is 0 Å². The average Bonchev–Trinajstić information content (AvgIpc) is 2.57. The van der Waals surface area contributed by atoms with Crippen LogP contribution in [0.1, 0.15) is 10.4 Å². The summed E-state index contributed by atoms with van der Waals surface area (Å²) in [5, 5.41) is 20.5. The van der Waals surface area contributed by atoms with Gasteiger partial charge >= 0.3 is 5.97 Å². The number of phenolic OH excluding ortho intramolecular Hbond substituents is 1. The molecule has 1 aliphatic heterocycles. The van der Waals surface area contributed by atoms with Gasteiger partial charge < -0.3 is 20.4 Å². The number of aromatic hydroxyl groups is 1. The van der Waals surface area contributed by atoms with Crippen molar-refractivity contribution in [2.24, 2.45) is 0 Å². The van der Waals surface area contributed by atoms with Gasteiger partial charge in [-0.05, 0) is 36.4 Å². The van der Waals surface area contributed by atoms with Crippen molar-refractivity contribution in [1.82, 2.24) is 5.32 Å². The highest BCUT2D eigenvalue weighted by atomic mass is 16.4. The molecule has 5 nitrogen and oxygen atoms in total. The first-order valence-electron chi connectivity index (χ1n) is 7.20. The highest BCUT2D eigenvalue weighted by Crippen LogP contribution is 2.12. The number of nitrogens with zero attached hydrogens (tertiary/aromatic N) is 1. The minimum absolute atomic E-state index is 0.0741. The van der Waals surface area contributed by atoms with Crippen molar-refractivity contribution < 1.29 is 15.0 Å². The smallest absolute Gasteiger partial charge is 0.335 e. The third-order valence-electron chi connectivity index (χ3n) is 3.35. The lowest BCUT2D eigenvalue weighted by molar-refractivity contribution is 0.0697. The molecule has 0 aliphatic carbocycles. The van der Waals surface area contributed by atoms with Crippen LogP contribution in [0, 0.1) is 0 Å². The third kappa shape index (κ3) is 4.79. The second kappa shape index (κ2) is 8.05. The summed E-state index contributed by atoms with van der Waals surface area (Å²) in [5.74, 6) is -0.912. The van der Waals surface area contributed by atoms with Crippen molar-refractivity contribution in [3.8, 4) is 5.75 Å². The molecule has 1 fully saturated rings. The first-order valence-corrected chi connectivity index (χ1v) is 7.20. The maximum absolute atomic E-state index is 10.2. The number of aromatic carboxylic acids is 1. The maximum Gasteiger partial charge on any atom is 0.335 e. The first-order chi connectivity index (χ1) is 10.7. The predicted molar refractivity (Wildman–Crippen MR) is 86.6 cm³/mol. The molecule has 0 aromatic heterocycles. The van der Waals surface area contributed by atoms with Crippen LogP contribution in [0.4, 0.5) is 5.69 Å². The summed E-state index contributed by atoms with van der Waals surface area (Å²) in [5.41, 5.74) is 1.52. The molecular formula is C17H20N2O3. The number of carboxylic acids is 1. The normalized spacial score (nSPS) is 13.9. The van der Waals surface area contributed by atoms with Crippen LogP contribution in [0.25, 0.3) is 0 Å². The summed E-state index contributed by atoms with van der Waals surface area (Å²) in [6.07, 6.45) is 0. The van der Waals surface area contributed by atoms with Gasteiger partial charge in [-0.2, -0.15) is 0 Å². The van der Waals surface area contributed by atoms with Crippen molar-refractivity contribution in [3.05, 3.63) is 60.2 Å². The molecule has 0 radical (unpaired) electrons. The van der Waals surface area contributed by atoms with Crippen molar-refractivity contribution in [2.75, 3.05) is 31.1 Å². The zero-order valence-corrected chi connectivity index (χ0v) is 12.3. The average molecular weight is 300 g/mol. The Balaban J connectivity index is 0.000000164. The number of para-hydroxylation sites is 1. The molecular weight excluding hydrogens is 280 g/mol. The Morgan fingerprint density at radius 2 is 1.55 bits per heavy atom. The van der Waals surface area contributed by atoms with Crippen LogP contribution in [0.3, 0.4) is 0 Å². The second-order valence-electron chi connectivity index (χ2n) is 4.92. The second-order valence-corrected chi connectivity index (χ2v) is 4.92.